The fourth-order valence-corrected chi connectivity index (χ4v) is 4.08. The molecule has 2 unspecified atom stereocenters. The van der Waals surface area contributed by atoms with Crippen molar-refractivity contribution in [2.45, 2.75) is 24.5 Å². The van der Waals surface area contributed by atoms with E-state index in [1.165, 1.54) is 0 Å². The van der Waals surface area contributed by atoms with Crippen molar-refractivity contribution in [3.8, 4) is 0 Å². The number of hydrogen-bond donors (Lipinski definition) is 0. The number of hydrogen-bond acceptors (Lipinski definition) is 2. The molecular weight excluding hydrogens is 184 g/mol. The summed E-state index contributed by atoms with van der Waals surface area (Å²) in [5, 5.41) is -0.185. The van der Waals surface area contributed by atoms with E-state index < -0.39 is 9.84 Å². The van der Waals surface area contributed by atoms with Crippen LogP contribution in [0.1, 0.15) is 19.3 Å². The molecule has 0 saturated carbocycles. The summed E-state index contributed by atoms with van der Waals surface area (Å²) in [5.74, 6) is 0.616. The first-order valence-corrected chi connectivity index (χ1v) is 6.25. The van der Waals surface area contributed by atoms with E-state index in [4.69, 9.17) is 0 Å². The molecule has 1 heterocycles. The van der Waals surface area contributed by atoms with Gasteiger partial charge < -0.3 is 0 Å². The Balaban J connectivity index is 2.67. The van der Waals surface area contributed by atoms with Gasteiger partial charge in [-0.15, -0.1) is 13.2 Å². The Labute approximate surface area is 80.3 Å². The number of rotatable bonds is 4. The quantitative estimate of drug-likeness (QED) is 0.650. The van der Waals surface area contributed by atoms with Crippen LogP contribution in [0.4, 0.5) is 0 Å². The molecule has 0 aromatic rings. The summed E-state index contributed by atoms with van der Waals surface area (Å²) < 4.78 is 23.1. The molecule has 0 aliphatic carbocycles. The lowest BCUT2D eigenvalue weighted by Gasteiger charge is -2.04. The van der Waals surface area contributed by atoms with Crippen molar-refractivity contribution in [2.75, 3.05) is 5.75 Å². The van der Waals surface area contributed by atoms with Crippen LogP contribution in [-0.2, 0) is 9.84 Å². The first-order chi connectivity index (χ1) is 6.10. The average molecular weight is 200 g/mol. The average Bonchev–Trinajstić information content (AvgIpc) is 2.28. The molecule has 0 aromatic carbocycles. The van der Waals surface area contributed by atoms with Gasteiger partial charge in [0.1, 0.15) is 0 Å². The molecule has 1 aliphatic heterocycles. The summed E-state index contributed by atoms with van der Waals surface area (Å²) in [6.45, 7) is 7.20. The van der Waals surface area contributed by atoms with Gasteiger partial charge in [-0.05, 0) is 25.2 Å². The molecule has 0 bridgehead atoms. The highest BCUT2D eigenvalue weighted by Gasteiger charge is 2.36. The molecule has 74 valence electrons. The maximum absolute atomic E-state index is 11.6. The van der Waals surface area contributed by atoms with Gasteiger partial charge in [0.05, 0.1) is 11.0 Å². The third-order valence-electron chi connectivity index (χ3n) is 2.50. The Morgan fingerprint density at radius 2 is 1.85 bits per heavy atom. The van der Waals surface area contributed by atoms with E-state index >= 15 is 0 Å². The summed E-state index contributed by atoms with van der Waals surface area (Å²) in [4.78, 5) is 0. The lowest BCUT2D eigenvalue weighted by Crippen LogP contribution is -2.14. The maximum Gasteiger partial charge on any atom is 0.153 e. The zero-order valence-electron chi connectivity index (χ0n) is 7.78. The molecule has 2 atom stereocenters. The van der Waals surface area contributed by atoms with Crippen molar-refractivity contribution in [1.82, 2.24) is 0 Å². The summed E-state index contributed by atoms with van der Waals surface area (Å²) in [7, 11) is -2.84. The molecule has 0 amide bonds. The summed E-state index contributed by atoms with van der Waals surface area (Å²) in [6.07, 6.45) is 5.68. The van der Waals surface area contributed by atoms with Gasteiger partial charge >= 0.3 is 0 Å². The molecule has 1 fully saturated rings. The predicted molar refractivity (Wildman–Crippen MR) is 55.3 cm³/mol. The zero-order valence-corrected chi connectivity index (χ0v) is 8.59. The standard InChI is InChI=1S/C10H16O2S/c1-3-5-9-7-10(6-4-2)13(11,12)8-9/h3-4,9-10H,1-2,5-8H2. The van der Waals surface area contributed by atoms with Crippen LogP contribution in [0, 0.1) is 5.92 Å². The fraction of sp³-hybridized carbons (Fsp3) is 0.600. The van der Waals surface area contributed by atoms with Crippen molar-refractivity contribution < 1.29 is 8.42 Å². The molecule has 1 saturated heterocycles. The summed E-state index contributed by atoms with van der Waals surface area (Å²) in [6, 6.07) is 0. The molecule has 0 aromatic heterocycles. The third-order valence-corrected chi connectivity index (χ3v) is 4.84. The molecule has 2 nitrogen and oxygen atoms in total. The second-order valence-electron chi connectivity index (χ2n) is 3.60. The molecule has 0 N–H and O–H groups in total. The van der Waals surface area contributed by atoms with E-state index in [1.54, 1.807) is 12.2 Å². The second kappa shape index (κ2) is 4.09. The number of allylic oxidation sites excluding steroid dienone is 2. The largest absolute Gasteiger partial charge is 0.229 e. The van der Waals surface area contributed by atoms with Crippen LogP contribution >= 0.6 is 0 Å². The van der Waals surface area contributed by atoms with Crippen LogP contribution in [0.5, 0.6) is 0 Å². The first-order valence-electron chi connectivity index (χ1n) is 4.53. The molecule has 0 spiro atoms. The molecule has 13 heavy (non-hydrogen) atoms. The Bertz CT molecular complexity index is 290. The van der Waals surface area contributed by atoms with Crippen molar-refractivity contribution in [3.63, 3.8) is 0 Å². The highest BCUT2D eigenvalue weighted by atomic mass is 32.2. The van der Waals surface area contributed by atoms with Gasteiger partial charge in [0.2, 0.25) is 0 Å². The van der Waals surface area contributed by atoms with E-state index in [9.17, 15) is 8.42 Å². The lowest BCUT2D eigenvalue weighted by atomic mass is 10.0. The van der Waals surface area contributed by atoms with Gasteiger partial charge in [-0.3, -0.25) is 0 Å². The molecule has 3 heteroatoms. The fourth-order valence-electron chi connectivity index (χ4n) is 1.88. The van der Waals surface area contributed by atoms with Crippen molar-refractivity contribution in [3.05, 3.63) is 25.3 Å². The van der Waals surface area contributed by atoms with Crippen LogP contribution in [0.25, 0.3) is 0 Å². The normalized spacial score (nSPS) is 31.4. The van der Waals surface area contributed by atoms with Crippen molar-refractivity contribution >= 4 is 9.84 Å². The Morgan fingerprint density at radius 1 is 1.23 bits per heavy atom. The summed E-state index contributed by atoms with van der Waals surface area (Å²) in [5.41, 5.74) is 0. The minimum Gasteiger partial charge on any atom is -0.229 e. The van der Waals surface area contributed by atoms with Gasteiger partial charge in [-0.1, -0.05) is 12.2 Å². The Morgan fingerprint density at radius 3 is 2.38 bits per heavy atom. The van der Waals surface area contributed by atoms with Gasteiger partial charge in [0.15, 0.2) is 9.84 Å². The smallest absolute Gasteiger partial charge is 0.153 e. The van der Waals surface area contributed by atoms with Gasteiger partial charge in [0, 0.05) is 0 Å². The predicted octanol–water partition coefficient (Wildman–Crippen LogP) is 1.94. The number of sulfone groups is 1. The van der Waals surface area contributed by atoms with Crippen LogP contribution in [-0.4, -0.2) is 19.4 Å². The van der Waals surface area contributed by atoms with Crippen LogP contribution in [0.3, 0.4) is 0 Å². The molecule has 1 rings (SSSR count). The highest BCUT2D eigenvalue weighted by molar-refractivity contribution is 7.92. The van der Waals surface area contributed by atoms with Gasteiger partial charge in [0.25, 0.3) is 0 Å². The summed E-state index contributed by atoms with van der Waals surface area (Å²) >= 11 is 0. The molecule has 0 radical (unpaired) electrons. The molecule has 1 aliphatic rings. The monoisotopic (exact) mass is 200 g/mol. The van der Waals surface area contributed by atoms with E-state index in [0.29, 0.717) is 12.2 Å². The van der Waals surface area contributed by atoms with Crippen LogP contribution in [0.2, 0.25) is 0 Å². The highest BCUT2D eigenvalue weighted by Crippen LogP contribution is 2.30. The maximum atomic E-state index is 11.6. The molecular formula is C10H16O2S. The topological polar surface area (TPSA) is 34.1 Å². The SMILES string of the molecule is C=CCC1CC(CC=C)S(=O)(=O)C1. The van der Waals surface area contributed by atoms with Crippen LogP contribution in [0.15, 0.2) is 25.3 Å². The zero-order chi connectivity index (χ0) is 9.90. The van der Waals surface area contributed by atoms with Crippen molar-refractivity contribution in [2.24, 2.45) is 5.92 Å². The van der Waals surface area contributed by atoms with E-state index in [0.717, 1.165) is 12.8 Å². The Hall–Kier alpha value is -0.570. The van der Waals surface area contributed by atoms with Crippen LogP contribution < -0.4 is 0 Å². The van der Waals surface area contributed by atoms with Gasteiger partial charge in [-0.25, -0.2) is 8.42 Å². The van der Waals surface area contributed by atoms with E-state index in [2.05, 4.69) is 13.2 Å². The van der Waals surface area contributed by atoms with E-state index in [1.807, 2.05) is 0 Å². The Kier molecular flexibility index (Phi) is 3.31. The minimum atomic E-state index is -2.84. The van der Waals surface area contributed by atoms with Crippen molar-refractivity contribution in [1.29, 1.82) is 0 Å². The second-order valence-corrected chi connectivity index (χ2v) is 5.93. The first kappa shape index (κ1) is 10.5. The van der Waals surface area contributed by atoms with E-state index in [-0.39, 0.29) is 11.2 Å². The van der Waals surface area contributed by atoms with Gasteiger partial charge in [-0.2, -0.15) is 0 Å². The third kappa shape index (κ3) is 2.44. The lowest BCUT2D eigenvalue weighted by molar-refractivity contribution is 0.564. The minimum absolute atomic E-state index is 0.185.